The number of morpholine rings is 1. The Balaban J connectivity index is 1.40. The molecule has 0 aliphatic carbocycles. The van der Waals surface area contributed by atoms with Gasteiger partial charge in [-0.3, -0.25) is 14.8 Å². The minimum absolute atomic E-state index is 0.159. The summed E-state index contributed by atoms with van der Waals surface area (Å²) in [6.45, 7) is 9.60. The van der Waals surface area contributed by atoms with Gasteiger partial charge < -0.3 is 15.0 Å². The minimum atomic E-state index is -0.229. The fourth-order valence-electron chi connectivity index (χ4n) is 4.81. The zero-order valence-corrected chi connectivity index (χ0v) is 21.1. The Hall–Kier alpha value is -3.83. The highest BCUT2D eigenvalue weighted by atomic mass is 16.5. The van der Waals surface area contributed by atoms with E-state index in [4.69, 9.17) is 4.74 Å². The van der Waals surface area contributed by atoms with Gasteiger partial charge in [0.2, 0.25) is 0 Å². The minimum Gasteiger partial charge on any atom is -0.371 e. The molecule has 3 aromatic heterocycles. The quantitative estimate of drug-likeness (QED) is 0.578. The number of pyridine rings is 3. The van der Waals surface area contributed by atoms with Crippen molar-refractivity contribution < 1.29 is 9.53 Å². The highest BCUT2D eigenvalue weighted by Crippen LogP contribution is 2.33. The molecule has 2 atom stereocenters. The van der Waals surface area contributed by atoms with Crippen molar-refractivity contribution in [3.05, 3.63) is 65.4 Å². The summed E-state index contributed by atoms with van der Waals surface area (Å²) < 4.78 is 5.93. The summed E-state index contributed by atoms with van der Waals surface area (Å²) in [5.41, 5.74) is 4.71. The van der Waals surface area contributed by atoms with E-state index in [-0.39, 0.29) is 23.5 Å². The maximum atomic E-state index is 13.0. The fraction of sp³-hybridized carbons (Fsp3) is 0.393. The first-order chi connectivity index (χ1) is 17.2. The van der Waals surface area contributed by atoms with Gasteiger partial charge in [0.15, 0.2) is 0 Å². The van der Waals surface area contributed by atoms with Gasteiger partial charge in [-0.1, -0.05) is 20.8 Å². The summed E-state index contributed by atoms with van der Waals surface area (Å²) >= 11 is 0. The molecule has 2 fully saturated rings. The van der Waals surface area contributed by atoms with E-state index in [0.717, 1.165) is 48.4 Å². The molecule has 1 N–H and O–H groups in total. The second-order valence-corrected chi connectivity index (χ2v) is 10.6. The zero-order chi connectivity index (χ0) is 25.4. The van der Waals surface area contributed by atoms with E-state index in [9.17, 15) is 10.1 Å². The van der Waals surface area contributed by atoms with Crippen LogP contribution in [0, 0.1) is 18.3 Å². The lowest BCUT2D eigenvalue weighted by atomic mass is 9.91. The van der Waals surface area contributed by atoms with Crippen LogP contribution in [0.1, 0.15) is 60.9 Å². The van der Waals surface area contributed by atoms with Crippen LogP contribution < -0.4 is 10.2 Å². The van der Waals surface area contributed by atoms with Gasteiger partial charge in [0.05, 0.1) is 29.7 Å². The molecule has 0 aromatic carbocycles. The molecule has 2 bridgehead atoms. The molecule has 2 saturated heterocycles. The van der Waals surface area contributed by atoms with Crippen molar-refractivity contribution in [1.82, 2.24) is 15.0 Å². The van der Waals surface area contributed by atoms with E-state index in [1.54, 1.807) is 24.7 Å². The predicted molar refractivity (Wildman–Crippen MR) is 138 cm³/mol. The number of nitrogens with zero attached hydrogens (tertiary/aromatic N) is 5. The number of anilines is 2. The number of hydrogen-bond acceptors (Lipinski definition) is 7. The van der Waals surface area contributed by atoms with Gasteiger partial charge >= 0.3 is 0 Å². The van der Waals surface area contributed by atoms with Crippen molar-refractivity contribution in [2.24, 2.45) is 0 Å². The third-order valence-electron chi connectivity index (χ3n) is 6.78. The van der Waals surface area contributed by atoms with E-state index >= 15 is 0 Å². The standard InChI is InChI=1S/C28H30N6O2/c1-17-24(11-21(14-31-17)33-27(35)18-7-8-30-25(10-18)28(2,3)4)20-9-19(12-29)26(32-13-20)34-15-22-5-6-23(16-34)36-22/h7-11,13-14,22-23H,5-6,15-16H2,1-4H3,(H,33,35)/t22-,23+. The Bertz CT molecular complexity index is 1340. The fourth-order valence-corrected chi connectivity index (χ4v) is 4.81. The summed E-state index contributed by atoms with van der Waals surface area (Å²) in [7, 11) is 0. The van der Waals surface area contributed by atoms with Crippen molar-refractivity contribution in [3.8, 4) is 17.2 Å². The van der Waals surface area contributed by atoms with Gasteiger partial charge in [-0.05, 0) is 44.0 Å². The molecule has 3 aromatic rings. The second kappa shape index (κ2) is 9.32. The van der Waals surface area contributed by atoms with Gasteiger partial charge in [-0.25, -0.2) is 4.98 Å². The Morgan fingerprint density at radius 1 is 1.11 bits per heavy atom. The number of carbonyl (C=O) groups excluding carboxylic acids is 1. The van der Waals surface area contributed by atoms with Crippen LogP contribution in [0.3, 0.4) is 0 Å². The number of nitriles is 1. The molecule has 0 saturated carbocycles. The van der Waals surface area contributed by atoms with Gasteiger partial charge in [-0.2, -0.15) is 5.26 Å². The molecule has 0 spiro atoms. The summed E-state index contributed by atoms with van der Waals surface area (Å²) in [6.07, 6.45) is 7.61. The van der Waals surface area contributed by atoms with Crippen LogP contribution in [0.15, 0.2) is 42.9 Å². The van der Waals surface area contributed by atoms with Crippen molar-refractivity contribution >= 4 is 17.4 Å². The van der Waals surface area contributed by atoms with E-state index in [1.165, 1.54) is 0 Å². The Morgan fingerprint density at radius 3 is 2.56 bits per heavy atom. The SMILES string of the molecule is Cc1ncc(NC(=O)c2ccnc(C(C)(C)C)c2)cc1-c1cnc(N2C[C@H]3CC[C@@H](C2)O3)c(C#N)c1. The lowest BCUT2D eigenvalue weighted by Crippen LogP contribution is -2.43. The van der Waals surface area contributed by atoms with Crippen molar-refractivity contribution in [2.75, 3.05) is 23.3 Å². The smallest absolute Gasteiger partial charge is 0.255 e. The highest BCUT2D eigenvalue weighted by molar-refractivity contribution is 6.04. The molecule has 2 aliphatic heterocycles. The molecular formula is C28H30N6O2. The lowest BCUT2D eigenvalue weighted by molar-refractivity contribution is 0.0302. The average Bonchev–Trinajstić information content (AvgIpc) is 3.21. The summed E-state index contributed by atoms with van der Waals surface area (Å²) in [4.78, 5) is 28.7. The van der Waals surface area contributed by atoms with E-state index in [2.05, 4.69) is 52.0 Å². The predicted octanol–water partition coefficient (Wildman–Crippen LogP) is 4.64. The molecule has 0 radical (unpaired) electrons. The first kappa shape index (κ1) is 23.9. The topological polar surface area (TPSA) is 104 Å². The van der Waals surface area contributed by atoms with Gasteiger partial charge in [0.25, 0.3) is 5.91 Å². The molecule has 5 heterocycles. The van der Waals surface area contributed by atoms with Crippen LogP contribution in [0.25, 0.3) is 11.1 Å². The molecule has 2 aliphatic rings. The normalized spacial score (nSPS) is 19.1. The highest BCUT2D eigenvalue weighted by Gasteiger charge is 2.35. The number of ether oxygens (including phenoxy) is 1. The van der Waals surface area contributed by atoms with Gasteiger partial charge in [0, 0.05) is 59.0 Å². The lowest BCUT2D eigenvalue weighted by Gasteiger charge is -2.33. The molecular weight excluding hydrogens is 452 g/mol. The molecule has 8 heteroatoms. The van der Waals surface area contributed by atoms with Crippen molar-refractivity contribution in [3.63, 3.8) is 0 Å². The zero-order valence-electron chi connectivity index (χ0n) is 21.1. The number of aromatic nitrogens is 3. The number of rotatable bonds is 4. The van der Waals surface area contributed by atoms with Crippen molar-refractivity contribution in [1.29, 1.82) is 5.26 Å². The van der Waals surface area contributed by atoms with Crippen molar-refractivity contribution in [2.45, 2.75) is 58.2 Å². The second-order valence-electron chi connectivity index (χ2n) is 10.6. The summed E-state index contributed by atoms with van der Waals surface area (Å²) in [5, 5.41) is 12.8. The Morgan fingerprint density at radius 2 is 1.86 bits per heavy atom. The third kappa shape index (κ3) is 4.79. The Labute approximate surface area is 211 Å². The number of hydrogen-bond donors (Lipinski definition) is 1. The number of fused-ring (bicyclic) bond motifs is 2. The number of aryl methyl sites for hydroxylation is 1. The van der Waals surface area contributed by atoms with Crippen LogP contribution in [0.2, 0.25) is 0 Å². The molecule has 1 amide bonds. The van der Waals surface area contributed by atoms with Gasteiger partial charge in [0.1, 0.15) is 11.9 Å². The first-order valence-corrected chi connectivity index (χ1v) is 12.3. The summed E-state index contributed by atoms with van der Waals surface area (Å²) in [6, 6.07) is 9.56. The van der Waals surface area contributed by atoms with Crippen LogP contribution in [-0.2, 0) is 10.2 Å². The van der Waals surface area contributed by atoms with E-state index in [0.29, 0.717) is 22.6 Å². The van der Waals surface area contributed by atoms with Crippen LogP contribution in [0.5, 0.6) is 0 Å². The molecule has 0 unspecified atom stereocenters. The maximum Gasteiger partial charge on any atom is 0.255 e. The summed E-state index contributed by atoms with van der Waals surface area (Å²) in [5.74, 6) is 0.469. The van der Waals surface area contributed by atoms with E-state index in [1.807, 2.05) is 25.1 Å². The largest absolute Gasteiger partial charge is 0.371 e. The van der Waals surface area contributed by atoms with Gasteiger partial charge in [-0.15, -0.1) is 0 Å². The van der Waals surface area contributed by atoms with Crippen LogP contribution >= 0.6 is 0 Å². The van der Waals surface area contributed by atoms with E-state index < -0.39 is 0 Å². The third-order valence-corrected chi connectivity index (χ3v) is 6.78. The Kier molecular flexibility index (Phi) is 6.19. The average molecular weight is 483 g/mol. The van der Waals surface area contributed by atoms with Crippen LogP contribution in [-0.4, -0.2) is 46.2 Å². The maximum absolute atomic E-state index is 13.0. The molecule has 184 valence electrons. The molecule has 8 nitrogen and oxygen atoms in total. The number of carbonyl (C=O) groups is 1. The number of amides is 1. The molecule has 5 rings (SSSR count). The molecule has 36 heavy (non-hydrogen) atoms. The first-order valence-electron chi connectivity index (χ1n) is 12.3. The number of nitrogens with one attached hydrogen (secondary N) is 1. The van der Waals surface area contributed by atoms with Crippen LogP contribution in [0.4, 0.5) is 11.5 Å². The monoisotopic (exact) mass is 482 g/mol.